The molecule has 9 heteroatoms. The van der Waals surface area contributed by atoms with Gasteiger partial charge in [0.2, 0.25) is 0 Å². The van der Waals surface area contributed by atoms with Gasteiger partial charge in [0.25, 0.3) is 5.91 Å². The van der Waals surface area contributed by atoms with Gasteiger partial charge in [-0.15, -0.1) is 0 Å². The Morgan fingerprint density at radius 2 is 2.07 bits per heavy atom. The highest BCUT2D eigenvalue weighted by Crippen LogP contribution is 2.29. The minimum absolute atomic E-state index is 0.255. The van der Waals surface area contributed by atoms with Crippen LogP contribution in [-0.4, -0.2) is 30.6 Å². The number of rotatable bonds is 6. The van der Waals surface area contributed by atoms with E-state index in [0.717, 1.165) is 47.1 Å². The Bertz CT molecular complexity index is 1200. The first-order chi connectivity index (χ1) is 14.5. The standard InChI is InChI=1S/C21H20N2O6S/c1-3-15-18(20(26)27-2)30-21(22-15)23-17(24)10-28-11-7-8-13-12-5-4-6-14(12)19(25)29-16(13)9-11/h7-9H,3-6,10H2,1-2H3,(H,22,23,24). The number of hydrogen-bond donors (Lipinski definition) is 1. The molecule has 2 heterocycles. The summed E-state index contributed by atoms with van der Waals surface area (Å²) in [6.45, 7) is 1.61. The maximum Gasteiger partial charge on any atom is 0.350 e. The van der Waals surface area contributed by atoms with Gasteiger partial charge in [0.1, 0.15) is 16.2 Å². The molecule has 0 fully saturated rings. The topological polar surface area (TPSA) is 108 Å². The zero-order valence-corrected chi connectivity index (χ0v) is 17.4. The van der Waals surface area contributed by atoms with Crippen LogP contribution >= 0.6 is 11.3 Å². The fourth-order valence-electron chi connectivity index (χ4n) is 3.56. The van der Waals surface area contributed by atoms with Crippen LogP contribution in [0.2, 0.25) is 0 Å². The fourth-order valence-corrected chi connectivity index (χ4v) is 4.54. The Kier molecular flexibility index (Phi) is 5.54. The number of nitrogens with zero attached hydrogens (tertiary/aromatic N) is 1. The molecule has 0 saturated carbocycles. The molecule has 8 nitrogen and oxygen atoms in total. The van der Waals surface area contributed by atoms with E-state index in [-0.39, 0.29) is 12.2 Å². The minimum atomic E-state index is -0.481. The highest BCUT2D eigenvalue weighted by molar-refractivity contribution is 7.17. The Morgan fingerprint density at radius 1 is 1.27 bits per heavy atom. The van der Waals surface area contributed by atoms with Gasteiger partial charge in [-0.25, -0.2) is 14.6 Å². The van der Waals surface area contributed by atoms with Crippen molar-refractivity contribution in [3.05, 3.63) is 50.3 Å². The van der Waals surface area contributed by atoms with Gasteiger partial charge in [-0.2, -0.15) is 0 Å². The lowest BCUT2D eigenvalue weighted by Crippen LogP contribution is -2.20. The summed E-state index contributed by atoms with van der Waals surface area (Å²) in [6, 6.07) is 5.23. The van der Waals surface area contributed by atoms with Crippen molar-refractivity contribution in [3.63, 3.8) is 0 Å². The van der Waals surface area contributed by atoms with Gasteiger partial charge in [0.05, 0.1) is 12.8 Å². The number of carbonyl (C=O) groups excluding carboxylic acids is 2. The first-order valence-electron chi connectivity index (χ1n) is 9.59. The summed E-state index contributed by atoms with van der Waals surface area (Å²) in [6.07, 6.45) is 3.10. The van der Waals surface area contributed by atoms with E-state index < -0.39 is 11.9 Å². The number of methoxy groups -OCH3 is 1. The van der Waals surface area contributed by atoms with E-state index in [1.807, 2.05) is 13.0 Å². The third-order valence-corrected chi connectivity index (χ3v) is 5.96. The molecule has 0 aliphatic heterocycles. The summed E-state index contributed by atoms with van der Waals surface area (Å²) in [4.78, 5) is 40.8. The number of aromatic nitrogens is 1. The quantitative estimate of drug-likeness (QED) is 0.475. The number of amides is 1. The van der Waals surface area contributed by atoms with Crippen LogP contribution in [0.3, 0.4) is 0 Å². The van der Waals surface area contributed by atoms with Crippen molar-refractivity contribution in [2.24, 2.45) is 0 Å². The van der Waals surface area contributed by atoms with Gasteiger partial charge in [-0.3, -0.25) is 10.1 Å². The third-order valence-electron chi connectivity index (χ3n) is 4.96. The molecular formula is C21H20N2O6S. The van der Waals surface area contributed by atoms with Crippen molar-refractivity contribution in [1.82, 2.24) is 4.98 Å². The smallest absolute Gasteiger partial charge is 0.350 e. The van der Waals surface area contributed by atoms with E-state index in [4.69, 9.17) is 13.9 Å². The van der Waals surface area contributed by atoms with Crippen LogP contribution in [0, 0.1) is 0 Å². The van der Waals surface area contributed by atoms with Crippen molar-refractivity contribution in [3.8, 4) is 5.75 Å². The zero-order chi connectivity index (χ0) is 21.3. The molecule has 1 amide bonds. The normalized spacial score (nSPS) is 12.6. The molecule has 1 aliphatic rings. The lowest BCUT2D eigenvalue weighted by atomic mass is 10.1. The van der Waals surface area contributed by atoms with Gasteiger partial charge in [0.15, 0.2) is 11.7 Å². The minimum Gasteiger partial charge on any atom is -0.484 e. The number of benzene rings is 1. The molecule has 2 aromatic heterocycles. The van der Waals surface area contributed by atoms with Gasteiger partial charge in [-0.05, 0) is 43.4 Å². The second kappa shape index (κ2) is 8.27. The molecule has 1 aromatic carbocycles. The Hall–Kier alpha value is -3.20. The van der Waals surface area contributed by atoms with E-state index in [1.165, 1.54) is 7.11 Å². The van der Waals surface area contributed by atoms with Crippen LogP contribution in [0.4, 0.5) is 5.13 Å². The number of fused-ring (bicyclic) bond motifs is 3. The third kappa shape index (κ3) is 3.80. The summed E-state index contributed by atoms with van der Waals surface area (Å²) < 4.78 is 15.7. The first kappa shape index (κ1) is 20.1. The van der Waals surface area contributed by atoms with Crippen LogP contribution in [0.25, 0.3) is 11.0 Å². The molecule has 156 valence electrons. The van der Waals surface area contributed by atoms with Crippen molar-refractivity contribution in [1.29, 1.82) is 0 Å². The first-order valence-corrected chi connectivity index (χ1v) is 10.4. The predicted molar refractivity (Wildman–Crippen MR) is 111 cm³/mol. The van der Waals surface area contributed by atoms with Gasteiger partial charge in [-0.1, -0.05) is 18.3 Å². The number of aryl methyl sites for hydroxylation is 2. The summed E-state index contributed by atoms with van der Waals surface area (Å²) in [5.74, 6) is -0.481. The molecular weight excluding hydrogens is 408 g/mol. The van der Waals surface area contributed by atoms with Crippen LogP contribution in [0.15, 0.2) is 27.4 Å². The summed E-state index contributed by atoms with van der Waals surface area (Å²) in [7, 11) is 1.30. The second-order valence-electron chi connectivity index (χ2n) is 6.83. The molecule has 0 spiro atoms. The Balaban J connectivity index is 1.45. The molecule has 0 radical (unpaired) electrons. The van der Waals surface area contributed by atoms with E-state index >= 15 is 0 Å². The number of thiazole rings is 1. The molecule has 4 rings (SSSR count). The lowest BCUT2D eigenvalue weighted by Gasteiger charge is -2.08. The zero-order valence-electron chi connectivity index (χ0n) is 16.6. The molecule has 0 unspecified atom stereocenters. The lowest BCUT2D eigenvalue weighted by molar-refractivity contribution is -0.118. The SMILES string of the molecule is CCc1nc(NC(=O)COc2ccc3c4c(c(=O)oc3c2)CCC4)sc1C(=O)OC. The molecule has 1 N–H and O–H groups in total. The number of carbonyl (C=O) groups is 2. The summed E-state index contributed by atoms with van der Waals surface area (Å²) >= 11 is 1.06. The van der Waals surface area contributed by atoms with Crippen LogP contribution < -0.4 is 15.7 Å². The average molecular weight is 428 g/mol. The molecule has 1 aliphatic carbocycles. The van der Waals surface area contributed by atoms with Crippen molar-refractivity contribution in [2.75, 3.05) is 19.0 Å². The van der Waals surface area contributed by atoms with Crippen molar-refractivity contribution in [2.45, 2.75) is 32.6 Å². The summed E-state index contributed by atoms with van der Waals surface area (Å²) in [5, 5.41) is 3.84. The van der Waals surface area contributed by atoms with E-state index in [9.17, 15) is 14.4 Å². The number of hydrogen-bond acceptors (Lipinski definition) is 8. The molecule has 3 aromatic rings. The highest BCUT2D eigenvalue weighted by Gasteiger charge is 2.20. The maximum absolute atomic E-state index is 12.2. The van der Waals surface area contributed by atoms with Gasteiger partial charge < -0.3 is 13.9 Å². The van der Waals surface area contributed by atoms with Crippen LogP contribution in [0.1, 0.15) is 39.8 Å². The Morgan fingerprint density at radius 3 is 2.83 bits per heavy atom. The van der Waals surface area contributed by atoms with E-state index in [1.54, 1.807) is 12.1 Å². The largest absolute Gasteiger partial charge is 0.484 e. The fraction of sp³-hybridized carbons (Fsp3) is 0.333. The maximum atomic E-state index is 12.2. The van der Waals surface area contributed by atoms with Crippen LogP contribution in [0.5, 0.6) is 5.75 Å². The van der Waals surface area contributed by atoms with Crippen molar-refractivity contribution >= 4 is 39.3 Å². The average Bonchev–Trinajstić information content (AvgIpc) is 3.39. The van der Waals surface area contributed by atoms with Crippen molar-refractivity contribution < 1.29 is 23.5 Å². The van der Waals surface area contributed by atoms with Gasteiger partial charge in [0, 0.05) is 17.0 Å². The van der Waals surface area contributed by atoms with E-state index in [0.29, 0.717) is 33.5 Å². The Labute approximate surface area is 175 Å². The number of esters is 1. The van der Waals surface area contributed by atoms with E-state index in [2.05, 4.69) is 10.3 Å². The second-order valence-corrected chi connectivity index (χ2v) is 7.83. The number of nitrogens with one attached hydrogen (secondary N) is 1. The summed E-state index contributed by atoms with van der Waals surface area (Å²) in [5.41, 5.74) is 2.52. The monoisotopic (exact) mass is 428 g/mol. The van der Waals surface area contributed by atoms with Crippen LogP contribution in [-0.2, 0) is 28.8 Å². The number of anilines is 1. The predicted octanol–water partition coefficient (Wildman–Crippen LogP) is 3.10. The molecule has 0 atom stereocenters. The molecule has 0 saturated heterocycles. The highest BCUT2D eigenvalue weighted by atomic mass is 32.1. The van der Waals surface area contributed by atoms with Gasteiger partial charge >= 0.3 is 11.6 Å². The molecule has 30 heavy (non-hydrogen) atoms. The number of ether oxygens (including phenoxy) is 2. The molecule has 0 bridgehead atoms.